The second-order valence-corrected chi connectivity index (χ2v) is 4.76. The van der Waals surface area contributed by atoms with Crippen LogP contribution in [0.1, 0.15) is 24.2 Å². The maximum absolute atomic E-state index is 11.8. The van der Waals surface area contributed by atoms with Crippen LogP contribution in [0.15, 0.2) is 18.2 Å². The van der Waals surface area contributed by atoms with Crippen LogP contribution in [0, 0.1) is 16.0 Å². The number of nitro benzene ring substituents is 1. The van der Waals surface area contributed by atoms with Crippen LogP contribution in [0.4, 0.5) is 11.4 Å². The maximum atomic E-state index is 11.8. The number of nitrogens with one attached hydrogen (secondary N) is 1. The van der Waals surface area contributed by atoms with E-state index < -0.39 is 4.92 Å². The molecule has 0 aliphatic rings. The highest BCUT2D eigenvalue weighted by Crippen LogP contribution is 2.22. The number of hydrogen-bond acceptors (Lipinski definition) is 5. The van der Waals surface area contributed by atoms with Crippen LogP contribution in [-0.4, -0.2) is 30.6 Å². The minimum atomic E-state index is -0.613. The van der Waals surface area contributed by atoms with Crippen molar-refractivity contribution >= 4 is 17.3 Å². The van der Waals surface area contributed by atoms with Gasteiger partial charge in [0.25, 0.3) is 11.6 Å². The summed E-state index contributed by atoms with van der Waals surface area (Å²) in [5.41, 5.74) is 5.43. The predicted octanol–water partition coefficient (Wildman–Crippen LogP) is 1.58. The highest BCUT2D eigenvalue weighted by molar-refractivity contribution is 5.95. The van der Waals surface area contributed by atoms with Gasteiger partial charge in [0.15, 0.2) is 0 Å². The molecule has 0 aliphatic carbocycles. The van der Waals surface area contributed by atoms with Gasteiger partial charge in [0.05, 0.1) is 11.5 Å². The molecule has 7 nitrogen and oxygen atoms in total. The summed E-state index contributed by atoms with van der Waals surface area (Å²) in [4.78, 5) is 21.9. The van der Waals surface area contributed by atoms with Crippen molar-refractivity contribution in [3.63, 3.8) is 0 Å². The maximum Gasteiger partial charge on any atom is 0.292 e. The minimum Gasteiger partial charge on any atom is -0.393 e. The monoisotopic (exact) mass is 281 g/mol. The third-order valence-electron chi connectivity index (χ3n) is 2.47. The van der Waals surface area contributed by atoms with E-state index in [2.05, 4.69) is 5.32 Å². The summed E-state index contributed by atoms with van der Waals surface area (Å²) < 4.78 is 5.32. The van der Waals surface area contributed by atoms with Gasteiger partial charge in [-0.3, -0.25) is 14.9 Å². The average molecular weight is 281 g/mol. The summed E-state index contributed by atoms with van der Waals surface area (Å²) in [6.07, 6.45) is 0. The van der Waals surface area contributed by atoms with Crippen molar-refractivity contribution < 1.29 is 14.5 Å². The number of amides is 1. The number of nitrogens with zero attached hydrogens (tertiary/aromatic N) is 1. The van der Waals surface area contributed by atoms with Crippen LogP contribution in [0.2, 0.25) is 0 Å². The summed E-state index contributed by atoms with van der Waals surface area (Å²) in [5.74, 6) is 0.0479. The van der Waals surface area contributed by atoms with E-state index in [1.807, 2.05) is 13.8 Å². The Bertz CT molecular complexity index is 489. The summed E-state index contributed by atoms with van der Waals surface area (Å²) in [5, 5.41) is 13.4. The molecule has 110 valence electrons. The molecule has 0 fully saturated rings. The van der Waals surface area contributed by atoms with Crippen molar-refractivity contribution in [2.75, 3.05) is 25.5 Å². The largest absolute Gasteiger partial charge is 0.393 e. The number of carbonyl (C=O) groups is 1. The van der Waals surface area contributed by atoms with Gasteiger partial charge in [-0.15, -0.1) is 0 Å². The first-order valence-corrected chi connectivity index (χ1v) is 6.31. The van der Waals surface area contributed by atoms with E-state index in [9.17, 15) is 14.9 Å². The van der Waals surface area contributed by atoms with Gasteiger partial charge in [0.2, 0.25) is 0 Å². The lowest BCUT2D eigenvalue weighted by Crippen LogP contribution is -2.27. The highest BCUT2D eigenvalue weighted by Gasteiger charge is 2.15. The molecule has 0 saturated carbocycles. The van der Waals surface area contributed by atoms with E-state index in [1.165, 1.54) is 18.2 Å². The van der Waals surface area contributed by atoms with E-state index in [0.717, 1.165) is 0 Å². The van der Waals surface area contributed by atoms with E-state index >= 15 is 0 Å². The number of carbonyl (C=O) groups excluding carboxylic acids is 1. The zero-order valence-electron chi connectivity index (χ0n) is 11.6. The Hall–Kier alpha value is -2.15. The lowest BCUT2D eigenvalue weighted by Gasteiger charge is -2.08. The molecule has 1 rings (SSSR count). The van der Waals surface area contributed by atoms with Crippen LogP contribution >= 0.6 is 0 Å². The zero-order valence-corrected chi connectivity index (χ0v) is 11.6. The quantitative estimate of drug-likeness (QED) is 0.341. The first kappa shape index (κ1) is 15.9. The normalized spacial score (nSPS) is 10.6. The molecule has 1 aromatic rings. The van der Waals surface area contributed by atoms with Crippen LogP contribution in [-0.2, 0) is 4.74 Å². The number of hydrogen-bond donors (Lipinski definition) is 2. The molecule has 1 amide bonds. The van der Waals surface area contributed by atoms with E-state index in [-0.39, 0.29) is 22.8 Å². The summed E-state index contributed by atoms with van der Waals surface area (Å²) in [7, 11) is 0. The lowest BCUT2D eigenvalue weighted by molar-refractivity contribution is -0.383. The minimum absolute atomic E-state index is 0.0341. The number of anilines is 1. The topological polar surface area (TPSA) is 107 Å². The number of nitrogens with two attached hydrogens (primary N) is 1. The number of ether oxygens (including phenoxy) is 1. The third kappa shape index (κ3) is 4.85. The SMILES string of the molecule is CC(C)COCCNC(=O)c1ccc(N)c([N+](=O)[O-])c1. The Balaban J connectivity index is 2.51. The molecule has 20 heavy (non-hydrogen) atoms. The van der Waals surface area contributed by atoms with Gasteiger partial charge < -0.3 is 15.8 Å². The highest BCUT2D eigenvalue weighted by atomic mass is 16.6. The van der Waals surface area contributed by atoms with Crippen molar-refractivity contribution in [2.24, 2.45) is 5.92 Å². The van der Waals surface area contributed by atoms with Crippen molar-refractivity contribution in [1.29, 1.82) is 0 Å². The first-order valence-electron chi connectivity index (χ1n) is 6.31. The number of benzene rings is 1. The fourth-order valence-corrected chi connectivity index (χ4v) is 1.50. The second kappa shape index (κ2) is 7.44. The predicted molar refractivity (Wildman–Crippen MR) is 75.5 cm³/mol. The molecule has 0 aliphatic heterocycles. The Morgan fingerprint density at radius 2 is 2.20 bits per heavy atom. The van der Waals surface area contributed by atoms with Crippen LogP contribution in [0.5, 0.6) is 0 Å². The average Bonchev–Trinajstić information content (AvgIpc) is 2.37. The molecule has 0 atom stereocenters. The van der Waals surface area contributed by atoms with Crippen LogP contribution in [0.25, 0.3) is 0 Å². The number of nitro groups is 1. The van der Waals surface area contributed by atoms with Crippen molar-refractivity contribution in [1.82, 2.24) is 5.32 Å². The molecule has 0 aromatic heterocycles. The van der Waals surface area contributed by atoms with Crippen molar-refractivity contribution in [3.05, 3.63) is 33.9 Å². The molecular weight excluding hydrogens is 262 g/mol. The van der Waals surface area contributed by atoms with Crippen LogP contribution < -0.4 is 11.1 Å². The fourth-order valence-electron chi connectivity index (χ4n) is 1.50. The molecule has 0 bridgehead atoms. The molecule has 0 radical (unpaired) electrons. The Kier molecular flexibility index (Phi) is 5.92. The Labute approximate surface area is 117 Å². The molecular formula is C13H19N3O4. The summed E-state index contributed by atoms with van der Waals surface area (Å²) in [6.45, 7) is 5.45. The van der Waals surface area contributed by atoms with Crippen molar-refractivity contribution in [2.45, 2.75) is 13.8 Å². The van der Waals surface area contributed by atoms with Gasteiger partial charge in [0, 0.05) is 24.8 Å². The molecule has 0 saturated heterocycles. The third-order valence-corrected chi connectivity index (χ3v) is 2.47. The van der Waals surface area contributed by atoms with E-state index in [4.69, 9.17) is 10.5 Å². The van der Waals surface area contributed by atoms with E-state index in [1.54, 1.807) is 0 Å². The molecule has 0 spiro atoms. The molecule has 0 unspecified atom stereocenters. The standard InChI is InChI=1S/C13H19N3O4/c1-9(2)8-20-6-5-15-13(17)10-3-4-11(14)12(7-10)16(18)19/h3-4,7,9H,5-6,8,14H2,1-2H3,(H,15,17). The fraction of sp³-hybridized carbons (Fsp3) is 0.462. The van der Waals surface area contributed by atoms with Gasteiger partial charge in [0.1, 0.15) is 5.69 Å². The van der Waals surface area contributed by atoms with Gasteiger partial charge in [-0.05, 0) is 18.1 Å². The Morgan fingerprint density at radius 1 is 1.50 bits per heavy atom. The van der Waals surface area contributed by atoms with Gasteiger partial charge in [-0.25, -0.2) is 0 Å². The molecule has 0 heterocycles. The first-order chi connectivity index (χ1) is 9.41. The van der Waals surface area contributed by atoms with Crippen molar-refractivity contribution in [3.8, 4) is 0 Å². The van der Waals surface area contributed by atoms with E-state index in [0.29, 0.717) is 25.7 Å². The smallest absolute Gasteiger partial charge is 0.292 e. The van der Waals surface area contributed by atoms with Gasteiger partial charge in [-0.2, -0.15) is 0 Å². The van der Waals surface area contributed by atoms with Gasteiger partial charge >= 0.3 is 0 Å². The molecule has 7 heteroatoms. The summed E-state index contributed by atoms with van der Waals surface area (Å²) in [6, 6.07) is 3.97. The molecule has 1 aromatic carbocycles. The lowest BCUT2D eigenvalue weighted by atomic mass is 10.1. The molecule has 3 N–H and O–H groups in total. The number of rotatable bonds is 7. The van der Waals surface area contributed by atoms with Gasteiger partial charge in [-0.1, -0.05) is 13.8 Å². The Morgan fingerprint density at radius 3 is 2.80 bits per heavy atom. The zero-order chi connectivity index (χ0) is 15.1. The second-order valence-electron chi connectivity index (χ2n) is 4.76. The number of nitrogen functional groups attached to an aromatic ring is 1. The summed E-state index contributed by atoms with van der Waals surface area (Å²) >= 11 is 0. The van der Waals surface area contributed by atoms with Crippen LogP contribution in [0.3, 0.4) is 0 Å².